The van der Waals surface area contributed by atoms with Crippen molar-refractivity contribution in [3.63, 3.8) is 0 Å². The first-order chi connectivity index (χ1) is 6.61. The summed E-state index contributed by atoms with van der Waals surface area (Å²) in [6.45, 7) is 3.87. The minimum absolute atomic E-state index is 0.0352. The van der Waals surface area contributed by atoms with Crippen molar-refractivity contribution >= 4 is 0 Å². The molecule has 14 heavy (non-hydrogen) atoms. The van der Waals surface area contributed by atoms with Gasteiger partial charge >= 0.3 is 0 Å². The van der Waals surface area contributed by atoms with E-state index in [2.05, 4.69) is 0 Å². The molecule has 0 spiro atoms. The Balaban J connectivity index is 2.69. The van der Waals surface area contributed by atoms with Crippen LogP contribution in [0, 0.1) is 16.0 Å². The number of hydrogen-bond donors (Lipinski definition) is 0. The zero-order valence-corrected chi connectivity index (χ0v) is 9.29. The average molecular weight is 199 g/mol. The highest BCUT2D eigenvalue weighted by atomic mass is 16.6. The number of hydrogen-bond acceptors (Lipinski definition) is 2. The van der Waals surface area contributed by atoms with Crippen molar-refractivity contribution in [2.24, 2.45) is 5.92 Å². The van der Waals surface area contributed by atoms with Crippen LogP contribution in [0.2, 0.25) is 0 Å². The lowest BCUT2D eigenvalue weighted by Gasteiger charge is -2.32. The molecule has 0 aliphatic heterocycles. The van der Waals surface area contributed by atoms with Gasteiger partial charge in [-0.2, -0.15) is 0 Å². The van der Waals surface area contributed by atoms with Crippen LogP contribution < -0.4 is 0 Å². The highest BCUT2D eigenvalue weighted by Gasteiger charge is 2.44. The lowest BCUT2D eigenvalue weighted by atomic mass is 9.74. The quantitative estimate of drug-likeness (QED) is 0.514. The molecule has 3 nitrogen and oxygen atoms in total. The Morgan fingerprint density at radius 1 is 1.36 bits per heavy atom. The topological polar surface area (TPSA) is 43.1 Å². The van der Waals surface area contributed by atoms with Crippen molar-refractivity contribution in [2.75, 3.05) is 0 Å². The van der Waals surface area contributed by atoms with Crippen LogP contribution in [0.5, 0.6) is 0 Å². The molecule has 1 fully saturated rings. The van der Waals surface area contributed by atoms with Crippen LogP contribution in [0.25, 0.3) is 0 Å². The Morgan fingerprint density at radius 2 is 1.93 bits per heavy atom. The summed E-state index contributed by atoms with van der Waals surface area (Å²) >= 11 is 0. The second-order valence-corrected chi connectivity index (χ2v) is 4.70. The molecule has 0 bridgehead atoms. The maximum absolute atomic E-state index is 11.1. The molecule has 0 aromatic heterocycles. The van der Waals surface area contributed by atoms with Crippen molar-refractivity contribution in [1.29, 1.82) is 0 Å². The zero-order chi connectivity index (χ0) is 10.6. The van der Waals surface area contributed by atoms with Gasteiger partial charge in [0.2, 0.25) is 5.54 Å². The van der Waals surface area contributed by atoms with E-state index in [4.69, 9.17) is 0 Å². The third-order valence-corrected chi connectivity index (χ3v) is 3.66. The molecular weight excluding hydrogens is 178 g/mol. The highest BCUT2D eigenvalue weighted by molar-refractivity contribution is 4.84. The number of rotatable bonds is 4. The van der Waals surface area contributed by atoms with E-state index in [1.165, 1.54) is 19.3 Å². The van der Waals surface area contributed by atoms with Crippen molar-refractivity contribution < 1.29 is 4.92 Å². The fraction of sp³-hybridized carbons (Fsp3) is 1.00. The van der Waals surface area contributed by atoms with Crippen molar-refractivity contribution in [3.8, 4) is 0 Å². The van der Waals surface area contributed by atoms with Crippen LogP contribution in [-0.4, -0.2) is 10.5 Å². The second kappa shape index (κ2) is 4.76. The van der Waals surface area contributed by atoms with Crippen LogP contribution in [0.1, 0.15) is 58.8 Å². The fourth-order valence-electron chi connectivity index (χ4n) is 2.68. The first kappa shape index (κ1) is 11.5. The second-order valence-electron chi connectivity index (χ2n) is 4.70. The lowest BCUT2D eigenvalue weighted by molar-refractivity contribution is -0.578. The predicted octanol–water partition coefficient (Wildman–Crippen LogP) is 3.40. The van der Waals surface area contributed by atoms with Gasteiger partial charge in [-0.3, -0.25) is 10.1 Å². The predicted molar refractivity (Wildman–Crippen MR) is 56.9 cm³/mol. The van der Waals surface area contributed by atoms with E-state index in [1.807, 2.05) is 13.8 Å². The molecule has 1 saturated carbocycles. The van der Waals surface area contributed by atoms with Gasteiger partial charge in [-0.15, -0.1) is 0 Å². The van der Waals surface area contributed by atoms with E-state index < -0.39 is 5.54 Å². The third-order valence-electron chi connectivity index (χ3n) is 3.66. The molecule has 3 heteroatoms. The number of nitro groups is 1. The fourth-order valence-corrected chi connectivity index (χ4v) is 2.68. The summed E-state index contributed by atoms with van der Waals surface area (Å²) in [6, 6.07) is 0. The van der Waals surface area contributed by atoms with E-state index in [1.54, 1.807) is 0 Å². The molecule has 1 aliphatic carbocycles. The van der Waals surface area contributed by atoms with Gasteiger partial charge in [0, 0.05) is 24.2 Å². The summed E-state index contributed by atoms with van der Waals surface area (Å²) in [4.78, 5) is 11.1. The smallest absolute Gasteiger partial charge is 0.222 e. The maximum Gasteiger partial charge on any atom is 0.222 e. The first-order valence-corrected chi connectivity index (χ1v) is 5.75. The van der Waals surface area contributed by atoms with Crippen molar-refractivity contribution in [3.05, 3.63) is 10.1 Å². The van der Waals surface area contributed by atoms with Gasteiger partial charge in [0.25, 0.3) is 0 Å². The summed E-state index contributed by atoms with van der Waals surface area (Å²) in [5, 5.41) is 11.1. The largest absolute Gasteiger partial charge is 0.264 e. The van der Waals surface area contributed by atoms with Crippen LogP contribution in [0.3, 0.4) is 0 Å². The Kier molecular flexibility index (Phi) is 3.90. The van der Waals surface area contributed by atoms with Crippen LogP contribution in [-0.2, 0) is 0 Å². The standard InChI is InChI=1S/C11H21NO2/c1-3-9-11(2,12(13)14)10-7-5-4-6-8-10/h10H,3-9H2,1-2H3. The molecule has 0 amide bonds. The Morgan fingerprint density at radius 3 is 2.36 bits per heavy atom. The highest BCUT2D eigenvalue weighted by Crippen LogP contribution is 2.37. The van der Waals surface area contributed by atoms with E-state index in [-0.39, 0.29) is 4.92 Å². The minimum Gasteiger partial charge on any atom is -0.264 e. The summed E-state index contributed by atoms with van der Waals surface area (Å²) < 4.78 is 0. The van der Waals surface area contributed by atoms with Gasteiger partial charge in [-0.1, -0.05) is 26.2 Å². The van der Waals surface area contributed by atoms with Crippen LogP contribution in [0.4, 0.5) is 0 Å². The normalized spacial score (nSPS) is 23.0. The van der Waals surface area contributed by atoms with E-state index >= 15 is 0 Å². The van der Waals surface area contributed by atoms with E-state index in [0.29, 0.717) is 5.92 Å². The van der Waals surface area contributed by atoms with Crippen molar-refractivity contribution in [1.82, 2.24) is 0 Å². The molecule has 1 aliphatic rings. The lowest BCUT2D eigenvalue weighted by Crippen LogP contribution is -2.43. The number of nitrogens with zero attached hydrogens (tertiary/aromatic N) is 1. The summed E-state index contributed by atoms with van der Waals surface area (Å²) in [6.07, 6.45) is 7.36. The molecule has 0 aromatic rings. The third kappa shape index (κ3) is 2.25. The van der Waals surface area contributed by atoms with Crippen molar-refractivity contribution in [2.45, 2.75) is 64.3 Å². The van der Waals surface area contributed by atoms with Gasteiger partial charge < -0.3 is 0 Å². The maximum atomic E-state index is 11.1. The molecule has 0 aromatic carbocycles. The molecule has 0 N–H and O–H groups in total. The molecule has 1 atom stereocenters. The Bertz CT molecular complexity index is 199. The zero-order valence-electron chi connectivity index (χ0n) is 9.29. The molecule has 0 heterocycles. The van der Waals surface area contributed by atoms with Crippen LogP contribution >= 0.6 is 0 Å². The van der Waals surface area contributed by atoms with E-state index in [0.717, 1.165) is 25.7 Å². The van der Waals surface area contributed by atoms with Gasteiger partial charge in [0.1, 0.15) is 0 Å². The average Bonchev–Trinajstić information content (AvgIpc) is 2.19. The Labute approximate surface area is 86.0 Å². The molecule has 0 saturated heterocycles. The molecule has 0 radical (unpaired) electrons. The van der Waals surface area contributed by atoms with Gasteiger partial charge in [-0.05, 0) is 19.3 Å². The first-order valence-electron chi connectivity index (χ1n) is 5.75. The van der Waals surface area contributed by atoms with Gasteiger partial charge in [-0.25, -0.2) is 0 Å². The molecular formula is C11H21NO2. The molecule has 1 rings (SSSR count). The van der Waals surface area contributed by atoms with E-state index in [9.17, 15) is 10.1 Å². The minimum atomic E-state index is -0.658. The summed E-state index contributed by atoms with van der Waals surface area (Å²) in [5.74, 6) is 0.311. The SMILES string of the molecule is CCCC(C)(C1CCCCC1)[N+](=O)[O-]. The summed E-state index contributed by atoms with van der Waals surface area (Å²) in [7, 11) is 0. The monoisotopic (exact) mass is 199 g/mol. The Hall–Kier alpha value is -0.600. The van der Waals surface area contributed by atoms with Gasteiger partial charge in [0.15, 0.2) is 0 Å². The van der Waals surface area contributed by atoms with Crippen LogP contribution in [0.15, 0.2) is 0 Å². The molecule has 1 unspecified atom stereocenters. The summed E-state index contributed by atoms with van der Waals surface area (Å²) in [5.41, 5.74) is -0.658. The molecule has 82 valence electrons. The van der Waals surface area contributed by atoms with Gasteiger partial charge in [0.05, 0.1) is 0 Å².